The summed E-state index contributed by atoms with van der Waals surface area (Å²) in [5.74, 6) is 0.591. The highest BCUT2D eigenvalue weighted by atomic mass is 127. The van der Waals surface area contributed by atoms with E-state index in [9.17, 15) is 0 Å². The monoisotopic (exact) mass is 592 g/mol. The number of hydrogen-bond donors (Lipinski definition) is 2. The Morgan fingerprint density at radius 3 is 2.60 bits per heavy atom. The van der Waals surface area contributed by atoms with Gasteiger partial charge in [0.25, 0.3) is 0 Å². The Labute approximate surface area is 204 Å². The molecule has 0 fully saturated rings. The van der Waals surface area contributed by atoms with Gasteiger partial charge in [0.1, 0.15) is 17.0 Å². The molecule has 0 amide bonds. The van der Waals surface area contributed by atoms with Crippen molar-refractivity contribution in [2.75, 3.05) is 5.09 Å². The van der Waals surface area contributed by atoms with Gasteiger partial charge in [0.2, 0.25) is 0 Å². The van der Waals surface area contributed by atoms with E-state index in [-0.39, 0.29) is 0 Å². The summed E-state index contributed by atoms with van der Waals surface area (Å²) in [6, 6.07) is 8.99. The molecule has 0 saturated heterocycles. The lowest BCUT2D eigenvalue weighted by atomic mass is 10.0. The Hall–Kier alpha value is -1.18. The smallest absolute Gasteiger partial charge is 0.129 e. The third-order valence-electron chi connectivity index (χ3n) is 4.36. The Bertz CT molecular complexity index is 1080. The summed E-state index contributed by atoms with van der Waals surface area (Å²) in [5, 5.41) is 13.3. The lowest BCUT2D eigenvalue weighted by Gasteiger charge is -2.20. The molecule has 3 aromatic rings. The number of nitrogens with one attached hydrogen (secondary N) is 2. The summed E-state index contributed by atoms with van der Waals surface area (Å²) in [6.07, 6.45) is 3.19. The van der Waals surface area contributed by atoms with Gasteiger partial charge < -0.3 is 9.82 Å². The topological polar surface area (TPSA) is 70.9 Å². The molecule has 2 N–H and O–H groups in total. The van der Waals surface area contributed by atoms with Crippen molar-refractivity contribution in [1.29, 1.82) is 5.41 Å². The molecule has 0 saturated carbocycles. The van der Waals surface area contributed by atoms with E-state index >= 15 is 0 Å². The van der Waals surface area contributed by atoms with E-state index < -0.39 is 6.10 Å². The first-order chi connectivity index (χ1) is 14.3. The molecule has 1 aromatic carbocycles. The summed E-state index contributed by atoms with van der Waals surface area (Å²) in [5.41, 5.74) is 3.85. The lowest BCUT2D eigenvalue weighted by molar-refractivity contribution is 0.227. The zero-order chi connectivity index (χ0) is 21.8. The van der Waals surface area contributed by atoms with Crippen LogP contribution in [0.4, 0.5) is 5.69 Å². The van der Waals surface area contributed by atoms with Gasteiger partial charge >= 0.3 is 0 Å². The second-order valence-electron chi connectivity index (χ2n) is 6.35. The Kier molecular flexibility index (Phi) is 8.16. The summed E-state index contributed by atoms with van der Waals surface area (Å²) >= 11 is 20.9. The summed E-state index contributed by atoms with van der Waals surface area (Å²) < 4.78 is 6.14. The number of ether oxygens (including phenoxy) is 1. The highest BCUT2D eigenvalue weighted by Crippen LogP contribution is 2.36. The molecule has 156 valence electrons. The minimum atomic E-state index is -0.406. The number of pyridine rings is 2. The summed E-state index contributed by atoms with van der Waals surface area (Å²) in [6.45, 7) is 3.69. The van der Waals surface area contributed by atoms with Gasteiger partial charge in [-0.2, -0.15) is 0 Å². The van der Waals surface area contributed by atoms with Crippen LogP contribution in [0, 0.1) is 12.3 Å². The minimum Gasteiger partial charge on any atom is -0.486 e. The van der Waals surface area contributed by atoms with Gasteiger partial charge in [-0.1, -0.05) is 34.8 Å². The summed E-state index contributed by atoms with van der Waals surface area (Å²) in [7, 11) is 0. The van der Waals surface area contributed by atoms with Gasteiger partial charge in [0.15, 0.2) is 0 Å². The number of benzene rings is 1. The Morgan fingerprint density at radius 2 is 1.93 bits per heavy atom. The second kappa shape index (κ2) is 10.4. The second-order valence-corrected chi connectivity index (χ2v) is 9.58. The first kappa shape index (κ1) is 23.5. The van der Waals surface area contributed by atoms with Crippen molar-refractivity contribution < 1.29 is 4.74 Å². The quantitative estimate of drug-likeness (QED) is 0.128. The fourth-order valence-electron chi connectivity index (χ4n) is 2.86. The number of rotatable bonds is 7. The largest absolute Gasteiger partial charge is 0.486 e. The molecule has 2 heterocycles. The molecule has 2 aromatic heterocycles. The fourth-order valence-corrected chi connectivity index (χ4v) is 4.81. The minimum absolute atomic E-state index is 0.310. The van der Waals surface area contributed by atoms with Crippen LogP contribution in [0.3, 0.4) is 0 Å². The first-order valence-corrected chi connectivity index (χ1v) is 14.0. The molecule has 0 radical (unpaired) electrons. The highest BCUT2D eigenvalue weighted by Gasteiger charge is 2.19. The average Bonchev–Trinajstić information content (AvgIpc) is 2.72. The van der Waals surface area contributed by atoms with Crippen LogP contribution in [-0.2, 0) is 0 Å². The van der Waals surface area contributed by atoms with Crippen molar-refractivity contribution in [3.63, 3.8) is 0 Å². The molecular weight excluding hydrogens is 576 g/mol. The third kappa shape index (κ3) is 5.35. The zero-order valence-electron chi connectivity index (χ0n) is 15.9. The predicted molar refractivity (Wildman–Crippen MR) is 136 cm³/mol. The number of hydrogen-bond acceptors (Lipinski definition) is 5. The van der Waals surface area contributed by atoms with Gasteiger partial charge in [-0.3, -0.25) is 10.4 Å². The van der Waals surface area contributed by atoms with Crippen molar-refractivity contribution in [1.82, 2.24) is 9.97 Å². The van der Waals surface area contributed by atoms with Crippen LogP contribution in [0.5, 0.6) is 5.75 Å². The first-order valence-electron chi connectivity index (χ1n) is 8.75. The molecule has 1 unspecified atom stereocenters. The van der Waals surface area contributed by atoms with Gasteiger partial charge in [-0.15, -0.1) is 0 Å². The van der Waals surface area contributed by atoms with E-state index in [1.807, 2.05) is 32.0 Å². The van der Waals surface area contributed by atoms with Crippen molar-refractivity contribution >= 4 is 74.6 Å². The number of halogens is 4. The SMILES string of the molecule is Cc1ncc(Cl)c([C@@H](C)Oc2ccc(NPI)c(C(=N)c3ccc(Cl)nc3)c2)c1Cl. The van der Waals surface area contributed by atoms with Crippen LogP contribution >= 0.6 is 63.2 Å². The molecule has 0 aliphatic rings. The molecule has 2 atom stereocenters. The van der Waals surface area contributed by atoms with E-state index in [0.29, 0.717) is 55.4 Å². The van der Waals surface area contributed by atoms with Gasteiger partial charge in [-0.25, -0.2) is 4.98 Å². The number of aryl methyl sites for hydroxylation is 1. The van der Waals surface area contributed by atoms with Crippen LogP contribution in [0.1, 0.15) is 35.4 Å². The van der Waals surface area contributed by atoms with E-state index in [4.69, 9.17) is 44.9 Å². The van der Waals surface area contributed by atoms with Crippen LogP contribution in [0.15, 0.2) is 42.7 Å². The molecule has 10 heteroatoms. The van der Waals surface area contributed by atoms with Crippen molar-refractivity contribution in [3.8, 4) is 5.75 Å². The van der Waals surface area contributed by atoms with Crippen molar-refractivity contribution in [2.24, 2.45) is 0 Å². The van der Waals surface area contributed by atoms with Crippen LogP contribution in [-0.4, -0.2) is 15.7 Å². The molecule has 0 aliphatic heterocycles. The van der Waals surface area contributed by atoms with E-state index in [1.54, 1.807) is 24.5 Å². The molecule has 3 rings (SSSR count). The molecule has 0 bridgehead atoms. The summed E-state index contributed by atoms with van der Waals surface area (Å²) in [4.78, 5) is 8.24. The highest BCUT2D eigenvalue weighted by molar-refractivity contribution is 14.2. The number of nitrogens with zero attached hydrogens (tertiary/aromatic N) is 2. The normalized spacial score (nSPS) is 12.2. The fraction of sp³-hybridized carbons (Fsp3) is 0.150. The average molecular weight is 594 g/mol. The maximum Gasteiger partial charge on any atom is 0.129 e. The number of anilines is 1. The van der Waals surface area contributed by atoms with Gasteiger partial charge in [0, 0.05) is 41.1 Å². The van der Waals surface area contributed by atoms with E-state index in [0.717, 1.165) is 5.69 Å². The zero-order valence-corrected chi connectivity index (χ0v) is 21.4. The Morgan fingerprint density at radius 1 is 1.17 bits per heavy atom. The molecule has 0 spiro atoms. The van der Waals surface area contributed by atoms with E-state index in [2.05, 4.69) is 37.1 Å². The van der Waals surface area contributed by atoms with Crippen LogP contribution in [0.2, 0.25) is 15.2 Å². The molecular formula is C20H17Cl3IN4OP. The van der Waals surface area contributed by atoms with Crippen molar-refractivity contribution in [3.05, 3.63) is 80.3 Å². The van der Waals surface area contributed by atoms with Gasteiger partial charge in [-0.05, 0) is 66.2 Å². The van der Waals surface area contributed by atoms with E-state index in [1.165, 1.54) is 0 Å². The Balaban J connectivity index is 1.95. The van der Waals surface area contributed by atoms with Gasteiger partial charge in [0.05, 0.1) is 21.5 Å². The lowest BCUT2D eigenvalue weighted by Crippen LogP contribution is -2.09. The van der Waals surface area contributed by atoms with Crippen LogP contribution < -0.4 is 9.82 Å². The third-order valence-corrected chi connectivity index (χ3v) is 6.54. The standard InChI is InChI=1S/C20H17Cl3IN4OP/c1-10-19(23)18(15(21)9-26-10)11(2)29-13-4-5-16(28-30-24)14(7-13)20(25)12-3-6-17(22)27-8-12/h3-9,11,25,28,30H,1-2H3/t11-/m1/s1. The number of aromatic nitrogens is 2. The molecule has 5 nitrogen and oxygen atoms in total. The molecule has 0 aliphatic carbocycles. The predicted octanol–water partition coefficient (Wildman–Crippen LogP) is 7.66. The molecule has 30 heavy (non-hydrogen) atoms. The maximum absolute atomic E-state index is 8.67. The maximum atomic E-state index is 8.67. The van der Waals surface area contributed by atoms with Crippen molar-refractivity contribution in [2.45, 2.75) is 20.0 Å². The van der Waals surface area contributed by atoms with Crippen LogP contribution in [0.25, 0.3) is 0 Å².